The van der Waals surface area contributed by atoms with Gasteiger partial charge in [-0.2, -0.15) is 0 Å². The first-order valence-corrected chi connectivity index (χ1v) is 7.31. The van der Waals surface area contributed by atoms with Crippen molar-refractivity contribution in [1.82, 2.24) is 0 Å². The van der Waals surface area contributed by atoms with E-state index in [1.165, 1.54) is 0 Å². The quantitative estimate of drug-likeness (QED) is 0.772. The van der Waals surface area contributed by atoms with Gasteiger partial charge < -0.3 is 9.47 Å². The molecule has 0 heterocycles. The Morgan fingerprint density at radius 1 is 1.00 bits per heavy atom. The van der Waals surface area contributed by atoms with Crippen molar-refractivity contribution in [1.29, 1.82) is 0 Å². The SMILES string of the molecule is COc1cc(Br)ccc1C(=O)c1ccc(C)c(C)c1OC. The van der Waals surface area contributed by atoms with E-state index in [-0.39, 0.29) is 5.78 Å². The summed E-state index contributed by atoms with van der Waals surface area (Å²) >= 11 is 3.38. The molecule has 2 aromatic carbocycles. The smallest absolute Gasteiger partial charge is 0.200 e. The fraction of sp³-hybridized carbons (Fsp3) is 0.235. The van der Waals surface area contributed by atoms with Crippen LogP contribution in [0.3, 0.4) is 0 Å². The number of hydrogen-bond acceptors (Lipinski definition) is 3. The van der Waals surface area contributed by atoms with E-state index in [0.29, 0.717) is 22.6 Å². The Morgan fingerprint density at radius 3 is 2.29 bits per heavy atom. The highest BCUT2D eigenvalue weighted by molar-refractivity contribution is 9.10. The Labute approximate surface area is 133 Å². The Balaban J connectivity index is 2.58. The zero-order valence-corrected chi connectivity index (χ0v) is 14.1. The third kappa shape index (κ3) is 2.95. The maximum atomic E-state index is 12.8. The van der Waals surface area contributed by atoms with Crippen molar-refractivity contribution in [3.8, 4) is 11.5 Å². The van der Waals surface area contributed by atoms with Gasteiger partial charge in [0.15, 0.2) is 5.78 Å². The highest BCUT2D eigenvalue weighted by atomic mass is 79.9. The van der Waals surface area contributed by atoms with Crippen LogP contribution in [-0.2, 0) is 0 Å². The number of benzene rings is 2. The molecule has 0 aromatic heterocycles. The van der Waals surface area contributed by atoms with Gasteiger partial charge in [-0.15, -0.1) is 0 Å². The standard InChI is InChI=1S/C17H17BrO3/c1-10-5-7-14(17(21-4)11(10)2)16(19)13-8-6-12(18)9-15(13)20-3/h5-9H,1-4H3. The Bertz CT molecular complexity index is 693. The molecular formula is C17H17BrO3. The molecule has 0 spiro atoms. The molecule has 21 heavy (non-hydrogen) atoms. The first kappa shape index (κ1) is 15.6. The third-order valence-electron chi connectivity index (χ3n) is 3.53. The van der Waals surface area contributed by atoms with E-state index in [4.69, 9.17) is 9.47 Å². The summed E-state index contributed by atoms with van der Waals surface area (Å²) < 4.78 is 11.6. The number of hydrogen-bond donors (Lipinski definition) is 0. The molecule has 0 radical (unpaired) electrons. The number of carbonyl (C=O) groups is 1. The monoisotopic (exact) mass is 348 g/mol. The van der Waals surface area contributed by atoms with Gasteiger partial charge >= 0.3 is 0 Å². The number of halogens is 1. The molecule has 0 amide bonds. The summed E-state index contributed by atoms with van der Waals surface area (Å²) in [6.07, 6.45) is 0. The predicted octanol–water partition coefficient (Wildman–Crippen LogP) is 4.31. The zero-order valence-electron chi connectivity index (χ0n) is 12.5. The molecule has 0 aliphatic rings. The molecule has 0 aliphatic heterocycles. The molecule has 110 valence electrons. The fourth-order valence-electron chi connectivity index (χ4n) is 2.23. The summed E-state index contributed by atoms with van der Waals surface area (Å²) in [5.74, 6) is 1.04. The second kappa shape index (κ2) is 6.31. The number of ketones is 1. The first-order valence-electron chi connectivity index (χ1n) is 6.52. The summed E-state index contributed by atoms with van der Waals surface area (Å²) in [6, 6.07) is 9.07. The van der Waals surface area contributed by atoms with Crippen molar-refractivity contribution in [2.45, 2.75) is 13.8 Å². The van der Waals surface area contributed by atoms with Gasteiger partial charge in [-0.05, 0) is 49.2 Å². The average Bonchev–Trinajstić information content (AvgIpc) is 2.49. The molecule has 2 aromatic rings. The molecule has 2 rings (SSSR count). The van der Waals surface area contributed by atoms with E-state index < -0.39 is 0 Å². The number of ether oxygens (including phenoxy) is 2. The highest BCUT2D eigenvalue weighted by Gasteiger charge is 2.20. The van der Waals surface area contributed by atoms with E-state index in [2.05, 4.69) is 15.9 Å². The van der Waals surface area contributed by atoms with E-state index in [1.807, 2.05) is 26.0 Å². The summed E-state index contributed by atoms with van der Waals surface area (Å²) in [4.78, 5) is 12.8. The van der Waals surface area contributed by atoms with Crippen molar-refractivity contribution < 1.29 is 14.3 Å². The minimum Gasteiger partial charge on any atom is -0.496 e. The molecule has 4 heteroatoms. The molecule has 3 nitrogen and oxygen atoms in total. The molecule has 0 bridgehead atoms. The lowest BCUT2D eigenvalue weighted by Gasteiger charge is -2.14. The van der Waals surface area contributed by atoms with Gasteiger partial charge in [-0.3, -0.25) is 4.79 Å². The Morgan fingerprint density at radius 2 is 1.67 bits per heavy atom. The lowest BCUT2D eigenvalue weighted by atomic mass is 9.97. The fourth-order valence-corrected chi connectivity index (χ4v) is 2.57. The zero-order chi connectivity index (χ0) is 15.6. The third-order valence-corrected chi connectivity index (χ3v) is 4.03. The lowest BCUT2D eigenvalue weighted by molar-refractivity contribution is 0.103. The average molecular weight is 349 g/mol. The normalized spacial score (nSPS) is 10.3. The Kier molecular flexibility index (Phi) is 4.68. The van der Waals surface area contributed by atoms with Crippen LogP contribution in [0.4, 0.5) is 0 Å². The molecule has 0 saturated carbocycles. The van der Waals surface area contributed by atoms with E-state index in [0.717, 1.165) is 15.6 Å². The van der Waals surface area contributed by atoms with Crippen LogP contribution in [0, 0.1) is 13.8 Å². The van der Waals surface area contributed by atoms with Crippen molar-refractivity contribution in [3.05, 3.63) is 57.1 Å². The van der Waals surface area contributed by atoms with Gasteiger partial charge in [-0.25, -0.2) is 0 Å². The van der Waals surface area contributed by atoms with Crippen LogP contribution in [-0.4, -0.2) is 20.0 Å². The van der Waals surface area contributed by atoms with Gasteiger partial charge in [-0.1, -0.05) is 22.0 Å². The van der Waals surface area contributed by atoms with Crippen LogP contribution in [0.25, 0.3) is 0 Å². The minimum atomic E-state index is -0.112. The summed E-state index contributed by atoms with van der Waals surface area (Å²) in [5.41, 5.74) is 3.12. The number of carbonyl (C=O) groups excluding carboxylic acids is 1. The number of rotatable bonds is 4. The van der Waals surface area contributed by atoms with Crippen LogP contribution in [0.15, 0.2) is 34.8 Å². The summed E-state index contributed by atoms with van der Waals surface area (Å²) in [6.45, 7) is 3.94. The van der Waals surface area contributed by atoms with Crippen LogP contribution < -0.4 is 9.47 Å². The lowest BCUT2D eigenvalue weighted by Crippen LogP contribution is -2.07. The van der Waals surface area contributed by atoms with Crippen LogP contribution in [0.1, 0.15) is 27.0 Å². The first-order chi connectivity index (χ1) is 9.99. The molecule has 0 unspecified atom stereocenters. The molecule has 0 atom stereocenters. The van der Waals surface area contributed by atoms with Crippen molar-refractivity contribution in [2.75, 3.05) is 14.2 Å². The van der Waals surface area contributed by atoms with Gasteiger partial charge in [0.2, 0.25) is 0 Å². The molecule has 0 aliphatic carbocycles. The second-order valence-corrected chi connectivity index (χ2v) is 5.68. The second-order valence-electron chi connectivity index (χ2n) is 4.76. The van der Waals surface area contributed by atoms with E-state index in [1.54, 1.807) is 32.4 Å². The van der Waals surface area contributed by atoms with Gasteiger partial charge in [0.05, 0.1) is 25.3 Å². The van der Waals surface area contributed by atoms with Gasteiger partial charge in [0.1, 0.15) is 11.5 Å². The van der Waals surface area contributed by atoms with E-state index >= 15 is 0 Å². The van der Waals surface area contributed by atoms with Gasteiger partial charge in [0, 0.05) is 4.47 Å². The number of methoxy groups -OCH3 is 2. The molecule has 0 fully saturated rings. The maximum absolute atomic E-state index is 12.8. The van der Waals surface area contributed by atoms with Crippen LogP contribution in [0.2, 0.25) is 0 Å². The summed E-state index contributed by atoms with van der Waals surface area (Å²) in [5, 5.41) is 0. The van der Waals surface area contributed by atoms with Crippen molar-refractivity contribution in [2.24, 2.45) is 0 Å². The Hall–Kier alpha value is -1.81. The van der Waals surface area contributed by atoms with Crippen molar-refractivity contribution in [3.63, 3.8) is 0 Å². The summed E-state index contributed by atoms with van der Waals surface area (Å²) in [7, 11) is 3.13. The minimum absolute atomic E-state index is 0.112. The topological polar surface area (TPSA) is 35.5 Å². The molecule has 0 N–H and O–H groups in total. The largest absolute Gasteiger partial charge is 0.496 e. The maximum Gasteiger partial charge on any atom is 0.200 e. The van der Waals surface area contributed by atoms with Crippen LogP contribution >= 0.6 is 15.9 Å². The predicted molar refractivity (Wildman–Crippen MR) is 86.6 cm³/mol. The van der Waals surface area contributed by atoms with Crippen LogP contribution in [0.5, 0.6) is 11.5 Å². The molecular weight excluding hydrogens is 332 g/mol. The molecule has 0 saturated heterocycles. The highest BCUT2D eigenvalue weighted by Crippen LogP contribution is 2.31. The van der Waals surface area contributed by atoms with E-state index in [9.17, 15) is 4.79 Å². The van der Waals surface area contributed by atoms with Gasteiger partial charge in [0.25, 0.3) is 0 Å². The number of aryl methyl sites for hydroxylation is 1. The van der Waals surface area contributed by atoms with Crippen molar-refractivity contribution >= 4 is 21.7 Å².